The van der Waals surface area contributed by atoms with Crippen molar-refractivity contribution in [1.82, 2.24) is 0 Å². The Balaban J connectivity index is 2.01. The Labute approximate surface area is 143 Å². The van der Waals surface area contributed by atoms with E-state index in [-0.39, 0.29) is 22.5 Å². The zero-order valence-corrected chi connectivity index (χ0v) is 13.1. The summed E-state index contributed by atoms with van der Waals surface area (Å²) in [6.45, 7) is 0. The Kier molecular flexibility index (Phi) is 4.61. The molecule has 25 heavy (non-hydrogen) atoms. The quantitative estimate of drug-likeness (QED) is 0.521. The summed E-state index contributed by atoms with van der Waals surface area (Å²) in [5, 5.41) is 0. The van der Waals surface area contributed by atoms with Crippen LogP contribution in [0.1, 0.15) is 36.6 Å². The van der Waals surface area contributed by atoms with E-state index in [0.717, 1.165) is 6.07 Å². The third-order valence-corrected chi connectivity index (χ3v) is 3.78. The molecule has 0 aromatic heterocycles. The van der Waals surface area contributed by atoms with Crippen LogP contribution in [0.3, 0.4) is 0 Å². The monoisotopic (exact) mass is 332 g/mol. The van der Waals surface area contributed by atoms with Crippen LogP contribution in [0.4, 0.5) is 4.39 Å². The summed E-state index contributed by atoms with van der Waals surface area (Å²) in [5.41, 5.74) is 0.170. The Morgan fingerprint density at radius 1 is 0.560 bits per heavy atom. The highest BCUT2D eigenvalue weighted by Crippen LogP contribution is 2.18. The van der Waals surface area contributed by atoms with Gasteiger partial charge in [-0.2, -0.15) is 0 Å². The standard InChI is InChI=1S/C21H13FO3/c22-18-13-7-6-12-17(18)21(25)20(24)16-11-5-4-10-15(16)19(23)14-8-2-1-3-9-14/h1-13H. The van der Waals surface area contributed by atoms with Crippen LogP contribution < -0.4 is 0 Å². The van der Waals surface area contributed by atoms with Crippen LogP contribution in [0.5, 0.6) is 0 Å². The van der Waals surface area contributed by atoms with E-state index < -0.39 is 17.4 Å². The molecule has 0 atom stereocenters. The minimum atomic E-state index is -0.980. The average molecular weight is 332 g/mol. The lowest BCUT2D eigenvalue weighted by Crippen LogP contribution is -2.19. The average Bonchev–Trinajstić information content (AvgIpc) is 2.67. The molecule has 0 N–H and O–H groups in total. The van der Waals surface area contributed by atoms with Gasteiger partial charge in [0.05, 0.1) is 5.56 Å². The van der Waals surface area contributed by atoms with Crippen molar-refractivity contribution in [3.63, 3.8) is 0 Å². The number of carbonyl (C=O) groups is 3. The molecule has 3 aromatic rings. The first-order chi connectivity index (χ1) is 12.1. The van der Waals surface area contributed by atoms with Crippen LogP contribution in [0.2, 0.25) is 0 Å². The summed E-state index contributed by atoms with van der Waals surface area (Å²) in [4.78, 5) is 37.6. The van der Waals surface area contributed by atoms with Crippen LogP contribution in [0.15, 0.2) is 78.9 Å². The van der Waals surface area contributed by atoms with Crippen LogP contribution in [-0.2, 0) is 0 Å². The van der Waals surface area contributed by atoms with Gasteiger partial charge in [0.1, 0.15) is 5.82 Å². The second kappa shape index (κ2) is 7.01. The van der Waals surface area contributed by atoms with E-state index in [1.165, 1.54) is 30.3 Å². The van der Waals surface area contributed by atoms with Crippen molar-refractivity contribution < 1.29 is 18.8 Å². The van der Waals surface area contributed by atoms with Gasteiger partial charge in [-0.1, -0.05) is 66.7 Å². The summed E-state index contributed by atoms with van der Waals surface area (Å²) in [7, 11) is 0. The number of Topliss-reactive ketones (excluding diaryl/α,β-unsaturated/α-hetero) is 2. The van der Waals surface area contributed by atoms with E-state index in [9.17, 15) is 18.8 Å². The largest absolute Gasteiger partial charge is 0.289 e. The third-order valence-electron chi connectivity index (χ3n) is 3.78. The molecule has 3 nitrogen and oxygen atoms in total. The fraction of sp³-hybridized carbons (Fsp3) is 0. The first-order valence-electron chi connectivity index (χ1n) is 7.62. The lowest BCUT2D eigenvalue weighted by Gasteiger charge is -2.08. The maximum absolute atomic E-state index is 13.8. The molecule has 0 amide bonds. The normalized spacial score (nSPS) is 10.3. The van der Waals surface area contributed by atoms with E-state index in [1.807, 2.05) is 0 Å². The van der Waals surface area contributed by atoms with Gasteiger partial charge in [0, 0.05) is 16.7 Å². The summed E-state index contributed by atoms with van der Waals surface area (Å²) in [5.74, 6) is -3.03. The molecule has 0 aliphatic heterocycles. The van der Waals surface area contributed by atoms with Crippen LogP contribution >= 0.6 is 0 Å². The molecule has 122 valence electrons. The maximum atomic E-state index is 13.8. The first-order valence-corrected chi connectivity index (χ1v) is 7.62. The maximum Gasteiger partial charge on any atom is 0.236 e. The number of rotatable bonds is 5. The molecule has 0 bridgehead atoms. The highest BCUT2D eigenvalue weighted by molar-refractivity contribution is 6.50. The highest BCUT2D eigenvalue weighted by Gasteiger charge is 2.25. The van der Waals surface area contributed by atoms with Gasteiger partial charge in [-0.25, -0.2) is 4.39 Å². The van der Waals surface area contributed by atoms with Gasteiger partial charge in [0.2, 0.25) is 11.6 Å². The van der Waals surface area contributed by atoms with Crippen molar-refractivity contribution in [1.29, 1.82) is 0 Å². The molecule has 3 aromatic carbocycles. The number of halogens is 1. The minimum absolute atomic E-state index is 0.0374. The number of benzene rings is 3. The van der Waals surface area contributed by atoms with Crippen molar-refractivity contribution in [2.45, 2.75) is 0 Å². The van der Waals surface area contributed by atoms with Gasteiger partial charge in [0.15, 0.2) is 5.78 Å². The van der Waals surface area contributed by atoms with E-state index >= 15 is 0 Å². The second-order valence-electron chi connectivity index (χ2n) is 5.38. The molecule has 0 unspecified atom stereocenters. The number of hydrogen-bond acceptors (Lipinski definition) is 3. The second-order valence-corrected chi connectivity index (χ2v) is 5.38. The Morgan fingerprint density at radius 3 is 1.68 bits per heavy atom. The molecule has 0 heterocycles. The summed E-state index contributed by atoms with van der Waals surface area (Å²) in [6, 6.07) is 19.8. The van der Waals surface area contributed by atoms with Gasteiger partial charge in [-0.05, 0) is 12.1 Å². The molecular formula is C21H13FO3. The fourth-order valence-corrected chi connectivity index (χ4v) is 2.51. The van der Waals surface area contributed by atoms with Crippen molar-refractivity contribution in [2.24, 2.45) is 0 Å². The molecule has 0 spiro atoms. The van der Waals surface area contributed by atoms with Crippen LogP contribution in [0, 0.1) is 5.82 Å². The molecule has 4 heteroatoms. The van der Waals surface area contributed by atoms with Crippen molar-refractivity contribution in [3.05, 3.63) is 107 Å². The number of hydrogen-bond donors (Lipinski definition) is 0. The SMILES string of the molecule is O=C(C(=O)c1ccccc1C(=O)c1ccccc1)c1ccccc1F. The Bertz CT molecular complexity index is 962. The van der Waals surface area contributed by atoms with E-state index in [2.05, 4.69) is 0 Å². The first kappa shape index (κ1) is 16.5. The van der Waals surface area contributed by atoms with E-state index in [0.29, 0.717) is 5.56 Å². The molecule has 0 saturated heterocycles. The van der Waals surface area contributed by atoms with Crippen LogP contribution in [0.25, 0.3) is 0 Å². The predicted octanol–water partition coefficient (Wildman–Crippen LogP) is 4.12. The zero-order valence-electron chi connectivity index (χ0n) is 13.1. The Morgan fingerprint density at radius 2 is 1.04 bits per heavy atom. The summed E-state index contributed by atoms with van der Waals surface area (Å²) >= 11 is 0. The molecule has 0 fully saturated rings. The fourth-order valence-electron chi connectivity index (χ4n) is 2.51. The lowest BCUT2D eigenvalue weighted by molar-refractivity contribution is 0.0812. The molecule has 0 aliphatic rings. The molecular weight excluding hydrogens is 319 g/mol. The summed E-state index contributed by atoms with van der Waals surface area (Å²) in [6.07, 6.45) is 0. The third kappa shape index (κ3) is 3.28. The lowest BCUT2D eigenvalue weighted by atomic mass is 9.93. The molecule has 0 saturated carbocycles. The Hall–Kier alpha value is -3.40. The smallest absolute Gasteiger partial charge is 0.236 e. The van der Waals surface area contributed by atoms with E-state index in [4.69, 9.17) is 0 Å². The topological polar surface area (TPSA) is 51.2 Å². The van der Waals surface area contributed by atoms with Crippen molar-refractivity contribution in [3.8, 4) is 0 Å². The zero-order chi connectivity index (χ0) is 17.8. The van der Waals surface area contributed by atoms with Gasteiger partial charge < -0.3 is 0 Å². The highest BCUT2D eigenvalue weighted by atomic mass is 19.1. The molecule has 3 rings (SSSR count). The summed E-state index contributed by atoms with van der Waals surface area (Å²) < 4.78 is 13.8. The van der Waals surface area contributed by atoms with Gasteiger partial charge >= 0.3 is 0 Å². The number of ketones is 3. The van der Waals surface area contributed by atoms with Crippen LogP contribution in [-0.4, -0.2) is 17.3 Å². The van der Waals surface area contributed by atoms with Gasteiger partial charge in [-0.15, -0.1) is 0 Å². The van der Waals surface area contributed by atoms with Gasteiger partial charge in [0.25, 0.3) is 0 Å². The molecule has 0 radical (unpaired) electrons. The predicted molar refractivity (Wildman–Crippen MR) is 91.4 cm³/mol. The van der Waals surface area contributed by atoms with Crippen molar-refractivity contribution >= 4 is 17.3 Å². The van der Waals surface area contributed by atoms with Crippen molar-refractivity contribution in [2.75, 3.05) is 0 Å². The van der Waals surface area contributed by atoms with E-state index in [1.54, 1.807) is 42.5 Å². The minimum Gasteiger partial charge on any atom is -0.289 e. The number of carbonyl (C=O) groups excluding carboxylic acids is 3. The van der Waals surface area contributed by atoms with Gasteiger partial charge in [-0.3, -0.25) is 14.4 Å². The molecule has 0 aliphatic carbocycles.